The molecule has 0 radical (unpaired) electrons. The van der Waals surface area contributed by atoms with Crippen LogP contribution in [0.4, 0.5) is 0 Å². The summed E-state index contributed by atoms with van der Waals surface area (Å²) in [6.07, 6.45) is 2.47. The molecule has 0 aliphatic heterocycles. The van der Waals surface area contributed by atoms with Gasteiger partial charge in [-0.25, -0.2) is 0 Å². The van der Waals surface area contributed by atoms with E-state index >= 15 is 0 Å². The fourth-order valence-corrected chi connectivity index (χ4v) is 3.00. The predicted molar refractivity (Wildman–Crippen MR) is 89.3 cm³/mol. The van der Waals surface area contributed by atoms with Crippen molar-refractivity contribution in [3.63, 3.8) is 0 Å². The van der Waals surface area contributed by atoms with Crippen LogP contribution in [0.1, 0.15) is 38.2 Å². The van der Waals surface area contributed by atoms with Crippen LogP contribution in [0.3, 0.4) is 0 Å². The minimum Gasteiger partial charge on any atom is -0.309 e. The smallest absolute Gasteiger partial charge is 0.00189 e. The zero-order valence-corrected chi connectivity index (χ0v) is 13.3. The first-order valence-corrected chi connectivity index (χ1v) is 7.75. The largest absolute Gasteiger partial charge is 0.309 e. The van der Waals surface area contributed by atoms with Crippen molar-refractivity contribution in [3.8, 4) is 0 Å². The second-order valence-corrected chi connectivity index (χ2v) is 6.15. The summed E-state index contributed by atoms with van der Waals surface area (Å²) in [6.45, 7) is 5.85. The molecule has 0 aromatic heterocycles. The summed E-state index contributed by atoms with van der Waals surface area (Å²) in [6, 6.07) is 15.5. The molecular formula is C19H27N. The van der Waals surface area contributed by atoms with Crippen LogP contribution in [-0.4, -0.2) is 25.5 Å². The molecule has 0 heterocycles. The van der Waals surface area contributed by atoms with Crippen LogP contribution in [0.5, 0.6) is 0 Å². The Bertz CT molecular complexity index is 539. The summed E-state index contributed by atoms with van der Waals surface area (Å²) >= 11 is 0. The van der Waals surface area contributed by atoms with E-state index in [1.807, 2.05) is 0 Å². The average molecular weight is 269 g/mol. The van der Waals surface area contributed by atoms with Crippen molar-refractivity contribution in [1.82, 2.24) is 4.90 Å². The topological polar surface area (TPSA) is 3.24 Å². The molecule has 2 aromatic rings. The van der Waals surface area contributed by atoms with Crippen molar-refractivity contribution in [2.45, 2.75) is 32.6 Å². The van der Waals surface area contributed by atoms with Crippen LogP contribution in [0.25, 0.3) is 10.8 Å². The van der Waals surface area contributed by atoms with Crippen LogP contribution in [0.15, 0.2) is 42.5 Å². The van der Waals surface area contributed by atoms with Gasteiger partial charge in [0.2, 0.25) is 0 Å². The molecule has 108 valence electrons. The van der Waals surface area contributed by atoms with Gasteiger partial charge in [0.05, 0.1) is 0 Å². The van der Waals surface area contributed by atoms with Gasteiger partial charge in [-0.05, 0) is 55.2 Å². The average Bonchev–Trinajstić information content (AvgIpc) is 2.47. The van der Waals surface area contributed by atoms with Gasteiger partial charge < -0.3 is 4.90 Å². The highest BCUT2D eigenvalue weighted by Crippen LogP contribution is 2.34. The number of rotatable bonds is 6. The SMILES string of the molecule is CC[C@@H](C)[C@H](CCN(C)C)c1cccc2ccccc12. The van der Waals surface area contributed by atoms with Crippen LogP contribution in [-0.2, 0) is 0 Å². The van der Waals surface area contributed by atoms with E-state index in [0.29, 0.717) is 5.92 Å². The van der Waals surface area contributed by atoms with Gasteiger partial charge in [0, 0.05) is 0 Å². The minimum absolute atomic E-state index is 0.647. The van der Waals surface area contributed by atoms with E-state index in [1.165, 1.54) is 29.2 Å². The van der Waals surface area contributed by atoms with Gasteiger partial charge in [-0.2, -0.15) is 0 Å². The van der Waals surface area contributed by atoms with Crippen molar-refractivity contribution in [3.05, 3.63) is 48.0 Å². The third-order valence-corrected chi connectivity index (χ3v) is 4.44. The molecule has 0 saturated carbocycles. The van der Waals surface area contributed by atoms with Crippen LogP contribution in [0.2, 0.25) is 0 Å². The Morgan fingerprint density at radius 1 is 1.00 bits per heavy atom. The first kappa shape index (κ1) is 15.1. The summed E-state index contributed by atoms with van der Waals surface area (Å²) in [5.41, 5.74) is 1.53. The summed E-state index contributed by atoms with van der Waals surface area (Å²) in [4.78, 5) is 2.29. The zero-order chi connectivity index (χ0) is 14.5. The fourth-order valence-electron chi connectivity index (χ4n) is 3.00. The molecule has 0 aliphatic carbocycles. The number of hydrogen-bond donors (Lipinski definition) is 0. The molecule has 0 bridgehead atoms. The molecule has 1 nitrogen and oxygen atoms in total. The van der Waals surface area contributed by atoms with Gasteiger partial charge in [-0.1, -0.05) is 62.7 Å². The van der Waals surface area contributed by atoms with Gasteiger partial charge in [0.25, 0.3) is 0 Å². The van der Waals surface area contributed by atoms with Crippen molar-refractivity contribution >= 4 is 10.8 Å². The lowest BCUT2D eigenvalue weighted by Crippen LogP contribution is -2.19. The standard InChI is InChI=1S/C19H27N/c1-5-15(2)17(13-14-20(3)4)19-12-8-10-16-9-6-7-11-18(16)19/h6-12,15,17H,5,13-14H2,1-4H3/t15-,17+/m1/s1. The molecule has 0 unspecified atom stereocenters. The molecule has 2 atom stereocenters. The van der Waals surface area contributed by atoms with Gasteiger partial charge in [0.15, 0.2) is 0 Å². The van der Waals surface area contributed by atoms with Gasteiger partial charge in [0.1, 0.15) is 0 Å². The molecule has 0 fully saturated rings. The van der Waals surface area contributed by atoms with Crippen molar-refractivity contribution in [2.75, 3.05) is 20.6 Å². The lowest BCUT2D eigenvalue weighted by Gasteiger charge is -2.26. The molecule has 2 rings (SSSR count). The third kappa shape index (κ3) is 3.40. The molecule has 0 N–H and O–H groups in total. The van der Waals surface area contributed by atoms with Crippen molar-refractivity contribution < 1.29 is 0 Å². The summed E-state index contributed by atoms with van der Waals surface area (Å²) in [5.74, 6) is 1.37. The minimum atomic E-state index is 0.647. The van der Waals surface area contributed by atoms with E-state index in [4.69, 9.17) is 0 Å². The quantitative estimate of drug-likeness (QED) is 0.719. The molecule has 20 heavy (non-hydrogen) atoms. The zero-order valence-electron chi connectivity index (χ0n) is 13.3. The Morgan fingerprint density at radius 2 is 1.70 bits per heavy atom. The maximum atomic E-state index is 2.39. The maximum Gasteiger partial charge on any atom is -0.00189 e. The lowest BCUT2D eigenvalue weighted by molar-refractivity contribution is 0.340. The molecule has 1 heteroatoms. The lowest BCUT2D eigenvalue weighted by atomic mass is 9.81. The third-order valence-electron chi connectivity index (χ3n) is 4.44. The molecule has 0 amide bonds. The first-order valence-electron chi connectivity index (χ1n) is 7.75. The van der Waals surface area contributed by atoms with Crippen LogP contribution in [0, 0.1) is 5.92 Å². The highest BCUT2D eigenvalue weighted by atomic mass is 15.0. The van der Waals surface area contributed by atoms with Crippen LogP contribution >= 0.6 is 0 Å². The molecular weight excluding hydrogens is 242 g/mol. The first-order chi connectivity index (χ1) is 9.63. The number of nitrogens with zero attached hydrogens (tertiary/aromatic N) is 1. The highest BCUT2D eigenvalue weighted by molar-refractivity contribution is 5.86. The van der Waals surface area contributed by atoms with Crippen LogP contribution < -0.4 is 0 Å². The maximum absolute atomic E-state index is 2.39. The fraction of sp³-hybridized carbons (Fsp3) is 0.474. The molecule has 0 saturated heterocycles. The van der Waals surface area contributed by atoms with E-state index < -0.39 is 0 Å². The van der Waals surface area contributed by atoms with E-state index in [9.17, 15) is 0 Å². The predicted octanol–water partition coefficient (Wildman–Crippen LogP) is 4.92. The van der Waals surface area contributed by atoms with E-state index in [0.717, 1.165) is 12.5 Å². The van der Waals surface area contributed by atoms with E-state index in [1.54, 1.807) is 0 Å². The number of benzene rings is 2. The van der Waals surface area contributed by atoms with Gasteiger partial charge >= 0.3 is 0 Å². The number of hydrogen-bond acceptors (Lipinski definition) is 1. The Kier molecular flexibility index (Phi) is 5.19. The van der Waals surface area contributed by atoms with E-state index in [2.05, 4.69) is 75.3 Å². The normalized spacial score (nSPS) is 14.7. The van der Waals surface area contributed by atoms with Crippen molar-refractivity contribution in [1.29, 1.82) is 0 Å². The molecule has 0 spiro atoms. The monoisotopic (exact) mass is 269 g/mol. The Hall–Kier alpha value is -1.34. The summed E-state index contributed by atoms with van der Waals surface area (Å²) in [5, 5.41) is 2.79. The summed E-state index contributed by atoms with van der Waals surface area (Å²) in [7, 11) is 4.33. The van der Waals surface area contributed by atoms with E-state index in [-0.39, 0.29) is 0 Å². The second kappa shape index (κ2) is 6.90. The van der Waals surface area contributed by atoms with Gasteiger partial charge in [-0.3, -0.25) is 0 Å². The Labute approximate surface area is 123 Å². The molecule has 0 aliphatic rings. The van der Waals surface area contributed by atoms with Crippen molar-refractivity contribution in [2.24, 2.45) is 5.92 Å². The summed E-state index contributed by atoms with van der Waals surface area (Å²) < 4.78 is 0. The number of fused-ring (bicyclic) bond motifs is 1. The second-order valence-electron chi connectivity index (χ2n) is 6.15. The Balaban J connectivity index is 2.39. The Morgan fingerprint density at radius 3 is 2.40 bits per heavy atom. The van der Waals surface area contributed by atoms with Gasteiger partial charge in [-0.15, -0.1) is 0 Å². The molecule has 2 aromatic carbocycles. The highest BCUT2D eigenvalue weighted by Gasteiger charge is 2.19.